The monoisotopic (exact) mass is 745 g/mol. The van der Waals surface area contributed by atoms with Crippen molar-refractivity contribution in [2.75, 3.05) is 40.8 Å². The first-order valence-corrected chi connectivity index (χ1v) is 20.5. The van der Waals surface area contributed by atoms with Crippen LogP contribution in [0.2, 0.25) is 0 Å². The molecule has 0 spiro atoms. The fraction of sp³-hybridized carbons (Fsp3) is 0.575. The van der Waals surface area contributed by atoms with Crippen LogP contribution >= 0.6 is 0 Å². The molecular weight excluding hydrogens is 695 g/mol. The molecule has 8 rings (SSSR count). The van der Waals surface area contributed by atoms with Crippen molar-refractivity contribution >= 4 is 39.0 Å². The summed E-state index contributed by atoms with van der Waals surface area (Å²) in [5.41, 5.74) is 3.77. The van der Waals surface area contributed by atoms with E-state index in [1.54, 1.807) is 19.2 Å². The third-order valence-electron chi connectivity index (χ3n) is 12.3. The van der Waals surface area contributed by atoms with E-state index in [0.29, 0.717) is 26.1 Å². The van der Waals surface area contributed by atoms with E-state index in [-0.39, 0.29) is 41.4 Å². The largest absolute Gasteiger partial charge is 0.497 e. The Labute approximate surface area is 311 Å². The van der Waals surface area contributed by atoms with Gasteiger partial charge in [-0.3, -0.25) is 9.59 Å². The van der Waals surface area contributed by atoms with Crippen LogP contribution in [0, 0.1) is 5.92 Å². The van der Waals surface area contributed by atoms with Crippen molar-refractivity contribution < 1.29 is 32.3 Å². The third kappa shape index (κ3) is 5.89. The van der Waals surface area contributed by atoms with Crippen molar-refractivity contribution in [3.63, 3.8) is 0 Å². The van der Waals surface area contributed by atoms with Crippen LogP contribution in [0.25, 0.3) is 22.2 Å². The third-order valence-corrected chi connectivity index (χ3v) is 13.7. The maximum atomic E-state index is 15.4. The minimum atomic E-state index is -4.03. The average Bonchev–Trinajstić information content (AvgIpc) is 3.57. The Morgan fingerprint density at radius 2 is 1.72 bits per heavy atom. The van der Waals surface area contributed by atoms with Gasteiger partial charge in [-0.05, 0) is 106 Å². The second kappa shape index (κ2) is 12.8. The van der Waals surface area contributed by atoms with Crippen LogP contribution in [0.1, 0.15) is 105 Å². The summed E-state index contributed by atoms with van der Waals surface area (Å²) in [5, 5.41) is 0.992. The number of rotatable bonds is 6. The van der Waals surface area contributed by atoms with Gasteiger partial charge in [0, 0.05) is 56.2 Å². The zero-order valence-corrected chi connectivity index (χ0v) is 32.4. The molecule has 53 heavy (non-hydrogen) atoms. The lowest BCUT2D eigenvalue weighted by Gasteiger charge is -2.37. The average molecular weight is 746 g/mol. The molecule has 3 aromatic rings. The van der Waals surface area contributed by atoms with Crippen molar-refractivity contribution in [3.05, 3.63) is 53.1 Å². The van der Waals surface area contributed by atoms with E-state index in [0.717, 1.165) is 76.3 Å². The van der Waals surface area contributed by atoms with E-state index in [1.807, 2.05) is 42.7 Å². The molecule has 1 aromatic heterocycles. The van der Waals surface area contributed by atoms with Crippen molar-refractivity contribution in [2.24, 2.45) is 5.92 Å². The number of nitrogens with one attached hydrogen (secondary N) is 1. The molecule has 2 aromatic carbocycles. The van der Waals surface area contributed by atoms with Gasteiger partial charge in [-0.1, -0.05) is 25.3 Å². The first-order chi connectivity index (χ1) is 25.1. The molecule has 4 unspecified atom stereocenters. The predicted molar refractivity (Wildman–Crippen MR) is 201 cm³/mol. The van der Waals surface area contributed by atoms with Gasteiger partial charge in [0.25, 0.3) is 5.91 Å². The van der Waals surface area contributed by atoms with E-state index in [4.69, 9.17) is 9.47 Å². The Balaban J connectivity index is 1.27. The number of benzene rings is 2. The first-order valence-electron chi connectivity index (χ1n) is 19.1. The van der Waals surface area contributed by atoms with Gasteiger partial charge >= 0.3 is 16.3 Å². The van der Waals surface area contributed by atoms with E-state index in [9.17, 15) is 18.0 Å². The summed E-state index contributed by atoms with van der Waals surface area (Å²) in [6, 6.07) is 11.5. The zero-order valence-electron chi connectivity index (χ0n) is 31.6. The molecule has 0 bridgehead atoms. The Bertz CT molecular complexity index is 2110. The van der Waals surface area contributed by atoms with Crippen LogP contribution in [0.15, 0.2) is 36.4 Å². The van der Waals surface area contributed by atoms with Crippen LogP contribution in [-0.4, -0.2) is 97.5 Å². The van der Waals surface area contributed by atoms with Crippen molar-refractivity contribution in [2.45, 2.75) is 101 Å². The number of carbonyl (C=O) groups excluding carboxylic acids is 3. The molecule has 2 saturated carbocycles. The second-order valence-electron chi connectivity index (χ2n) is 16.9. The molecular formula is C40H51N5O7S. The molecule has 3 aliphatic heterocycles. The first kappa shape index (κ1) is 35.9. The number of ether oxygens (including phenoxy) is 2. The Morgan fingerprint density at radius 3 is 2.42 bits per heavy atom. The van der Waals surface area contributed by atoms with Gasteiger partial charge in [-0.25, -0.2) is 9.52 Å². The lowest BCUT2D eigenvalue weighted by molar-refractivity contribution is -0.135. The lowest BCUT2D eigenvalue weighted by atomic mass is 9.80. The number of aromatic nitrogens is 1. The van der Waals surface area contributed by atoms with Crippen LogP contribution in [0.4, 0.5) is 4.79 Å². The van der Waals surface area contributed by atoms with Crippen LogP contribution < -0.4 is 9.46 Å². The second-order valence-corrected chi connectivity index (χ2v) is 18.8. The van der Waals surface area contributed by atoms with Crippen LogP contribution in [-0.2, 0) is 25.3 Å². The highest BCUT2D eigenvalue weighted by atomic mass is 32.2. The summed E-state index contributed by atoms with van der Waals surface area (Å²) in [5.74, 6) is 0.326. The van der Waals surface area contributed by atoms with Crippen molar-refractivity contribution in [1.29, 1.82) is 0 Å². The molecule has 4 heterocycles. The molecule has 1 N–H and O–H groups in total. The van der Waals surface area contributed by atoms with E-state index < -0.39 is 27.3 Å². The number of hydrogen-bond acceptors (Lipinski definition) is 7. The number of nitrogens with zero attached hydrogens (tertiary/aromatic N) is 4. The lowest BCUT2D eigenvalue weighted by Crippen LogP contribution is -2.50. The minimum absolute atomic E-state index is 0.0212. The summed E-state index contributed by atoms with van der Waals surface area (Å²) in [7, 11) is 0.371. The highest BCUT2D eigenvalue weighted by Gasteiger charge is 2.68. The number of amides is 3. The fourth-order valence-electron chi connectivity index (χ4n) is 9.74. The van der Waals surface area contributed by atoms with Gasteiger partial charge in [0.15, 0.2) is 0 Å². The summed E-state index contributed by atoms with van der Waals surface area (Å²) in [6.07, 6.45) is 7.52. The molecule has 3 amide bonds. The summed E-state index contributed by atoms with van der Waals surface area (Å²) in [6.45, 7) is 7.21. The highest BCUT2D eigenvalue weighted by Crippen LogP contribution is 2.67. The van der Waals surface area contributed by atoms with Gasteiger partial charge in [0.1, 0.15) is 16.9 Å². The molecule has 13 heteroatoms. The van der Waals surface area contributed by atoms with E-state index in [2.05, 4.69) is 21.4 Å². The van der Waals surface area contributed by atoms with Crippen molar-refractivity contribution in [1.82, 2.24) is 23.4 Å². The van der Waals surface area contributed by atoms with Gasteiger partial charge in [0.05, 0.1) is 24.4 Å². The number of fused-ring (bicyclic) bond motifs is 9. The predicted octanol–water partition coefficient (Wildman–Crippen LogP) is 5.95. The standard InChI is InChI=1S/C40H51N5O7S/c1-39(2,3)52-38(48)44-18-10-13-26-22-43(23-33(26)44)37(47)40-21-31(40)30-20-27(51-6)15-17-28(30)35-34(24-11-8-7-9-12-24)29-16-14-25(19-32(29)45(35)40)36(46)41-53(49,50)42(4)5/h14-17,19-20,24,26,31,33H,7-13,18,21-23H2,1-6H3,(H,41,46). The van der Waals surface area contributed by atoms with Gasteiger partial charge < -0.3 is 23.8 Å². The van der Waals surface area contributed by atoms with Gasteiger partial charge in [-0.2, -0.15) is 12.7 Å². The summed E-state index contributed by atoms with van der Waals surface area (Å²) < 4.78 is 42.3. The van der Waals surface area contributed by atoms with E-state index in [1.165, 1.54) is 26.1 Å². The molecule has 12 nitrogen and oxygen atoms in total. The number of likely N-dealkylation sites (tertiary alicyclic amines) is 2. The number of methoxy groups -OCH3 is 1. The Morgan fingerprint density at radius 1 is 0.962 bits per heavy atom. The maximum Gasteiger partial charge on any atom is 0.410 e. The topological polar surface area (TPSA) is 130 Å². The molecule has 2 saturated heterocycles. The quantitative estimate of drug-likeness (QED) is 0.330. The molecule has 284 valence electrons. The van der Waals surface area contributed by atoms with Gasteiger partial charge in [0.2, 0.25) is 5.91 Å². The Hall–Kier alpha value is -4.10. The minimum Gasteiger partial charge on any atom is -0.497 e. The molecule has 2 aliphatic carbocycles. The number of piperidine rings is 1. The van der Waals surface area contributed by atoms with Crippen LogP contribution in [0.3, 0.4) is 0 Å². The van der Waals surface area contributed by atoms with Crippen LogP contribution in [0.5, 0.6) is 5.75 Å². The normalized spacial score (nSPS) is 25.4. The highest BCUT2D eigenvalue weighted by molar-refractivity contribution is 7.87. The summed E-state index contributed by atoms with van der Waals surface area (Å²) in [4.78, 5) is 46.1. The Kier molecular flexibility index (Phi) is 8.64. The van der Waals surface area contributed by atoms with E-state index >= 15 is 4.79 Å². The number of hydrogen-bond donors (Lipinski definition) is 1. The molecule has 5 aliphatic rings. The zero-order chi connectivity index (χ0) is 37.6. The molecule has 0 radical (unpaired) electrons. The molecule has 4 atom stereocenters. The van der Waals surface area contributed by atoms with Crippen molar-refractivity contribution in [3.8, 4) is 17.0 Å². The maximum absolute atomic E-state index is 15.4. The SMILES string of the molecule is COc1ccc2c(c1)C1CC1(C(=O)N1CC3CCCN(C(=O)OC(C)(C)C)C3C1)n1c-2c(C2CCCCC2)c2ccc(C(=O)NS(=O)(=O)N(C)C)cc21. The number of carbonyl (C=O) groups is 3. The smallest absolute Gasteiger partial charge is 0.410 e. The van der Waals surface area contributed by atoms with Gasteiger partial charge in [-0.15, -0.1) is 0 Å². The fourth-order valence-corrected chi connectivity index (χ4v) is 10.3. The summed E-state index contributed by atoms with van der Waals surface area (Å²) >= 11 is 0. The molecule has 4 fully saturated rings.